The number of hydrogen-bond donors (Lipinski definition) is 3. The number of para-hydroxylation sites is 1. The Morgan fingerprint density at radius 2 is 1.64 bits per heavy atom. The van der Waals surface area contributed by atoms with Crippen molar-refractivity contribution in [3.05, 3.63) is 89.5 Å². The molecule has 0 unspecified atom stereocenters. The number of phenols is 1. The highest BCUT2D eigenvalue weighted by Gasteiger charge is 2.07. The lowest BCUT2D eigenvalue weighted by Gasteiger charge is -2.11. The van der Waals surface area contributed by atoms with Crippen LogP contribution in [-0.4, -0.2) is 18.1 Å². The molecule has 0 saturated carbocycles. The van der Waals surface area contributed by atoms with Crippen molar-refractivity contribution in [1.82, 2.24) is 5.32 Å². The first-order valence-corrected chi connectivity index (χ1v) is 9.14. The molecule has 5 heteroatoms. The second kappa shape index (κ2) is 9.46. The summed E-state index contributed by atoms with van der Waals surface area (Å²) in [6.07, 6.45) is 0.337. The number of phenolic OH excluding ortho intramolecular Hbond substituents is 1. The van der Waals surface area contributed by atoms with E-state index in [1.54, 1.807) is 6.07 Å². The minimum Gasteiger partial charge on any atom is -0.504 e. The molecule has 3 N–H and O–H groups in total. The van der Waals surface area contributed by atoms with Crippen LogP contribution in [0.5, 0.6) is 11.5 Å². The molecule has 0 spiro atoms. The summed E-state index contributed by atoms with van der Waals surface area (Å²) in [4.78, 5) is 12.1. The fourth-order valence-corrected chi connectivity index (χ4v) is 2.86. The smallest absolute Gasteiger partial charge is 0.224 e. The van der Waals surface area contributed by atoms with E-state index in [1.807, 2.05) is 66.7 Å². The topological polar surface area (TPSA) is 70.6 Å². The Morgan fingerprint density at radius 3 is 2.36 bits per heavy atom. The molecule has 0 aliphatic rings. The fraction of sp³-hybridized carbons (Fsp3) is 0.174. The van der Waals surface area contributed by atoms with Gasteiger partial charge >= 0.3 is 0 Å². The number of hydrogen-bond acceptors (Lipinski definition) is 4. The lowest BCUT2D eigenvalue weighted by Crippen LogP contribution is -2.24. The lowest BCUT2D eigenvalue weighted by molar-refractivity contribution is -0.120. The minimum absolute atomic E-state index is 0.00846. The normalized spacial score (nSPS) is 10.3. The monoisotopic (exact) mass is 376 g/mol. The zero-order chi connectivity index (χ0) is 19.8. The van der Waals surface area contributed by atoms with E-state index in [1.165, 1.54) is 7.11 Å². The van der Waals surface area contributed by atoms with Gasteiger partial charge in [0.2, 0.25) is 5.91 Å². The molecule has 0 bridgehead atoms. The maximum atomic E-state index is 12.1. The highest BCUT2D eigenvalue weighted by molar-refractivity contribution is 5.78. The molecule has 0 heterocycles. The van der Waals surface area contributed by atoms with Crippen LogP contribution in [0.1, 0.15) is 16.7 Å². The third kappa shape index (κ3) is 5.27. The number of amides is 1. The second-order valence-electron chi connectivity index (χ2n) is 6.46. The molecule has 144 valence electrons. The van der Waals surface area contributed by atoms with E-state index >= 15 is 0 Å². The molecule has 1 amide bonds. The van der Waals surface area contributed by atoms with Gasteiger partial charge in [-0.1, -0.05) is 54.6 Å². The van der Waals surface area contributed by atoms with E-state index in [0.717, 1.165) is 22.4 Å². The third-order valence-corrected chi connectivity index (χ3v) is 4.44. The van der Waals surface area contributed by atoms with E-state index in [-0.39, 0.29) is 11.7 Å². The van der Waals surface area contributed by atoms with Crippen molar-refractivity contribution >= 4 is 11.6 Å². The standard InChI is InChI=1S/C23H24N2O3/c1-28-21-9-5-8-19(23(21)27)16-24-20-12-10-17(11-13-20)14-22(26)25-15-18-6-3-2-4-7-18/h2-13,24,27H,14-16H2,1H3,(H,25,26). The van der Waals surface area contributed by atoms with Gasteiger partial charge in [0, 0.05) is 24.3 Å². The quantitative estimate of drug-likeness (QED) is 0.558. The van der Waals surface area contributed by atoms with Crippen molar-refractivity contribution in [1.29, 1.82) is 0 Å². The van der Waals surface area contributed by atoms with Crippen molar-refractivity contribution in [2.24, 2.45) is 0 Å². The third-order valence-electron chi connectivity index (χ3n) is 4.44. The van der Waals surface area contributed by atoms with Crippen LogP contribution in [-0.2, 0) is 24.3 Å². The number of carbonyl (C=O) groups excluding carboxylic acids is 1. The zero-order valence-corrected chi connectivity index (χ0v) is 15.8. The molecule has 28 heavy (non-hydrogen) atoms. The van der Waals surface area contributed by atoms with Crippen LogP contribution in [0.3, 0.4) is 0 Å². The molecular formula is C23H24N2O3. The molecule has 0 fully saturated rings. The predicted molar refractivity (Wildman–Crippen MR) is 110 cm³/mol. The molecule has 0 radical (unpaired) electrons. The van der Waals surface area contributed by atoms with Crippen LogP contribution in [0, 0.1) is 0 Å². The first-order chi connectivity index (χ1) is 13.7. The van der Waals surface area contributed by atoms with Crippen molar-refractivity contribution in [3.63, 3.8) is 0 Å². The predicted octanol–water partition coefficient (Wildman–Crippen LogP) is 3.87. The molecule has 3 aromatic carbocycles. The summed E-state index contributed by atoms with van der Waals surface area (Å²) in [6.45, 7) is 1.00. The average Bonchev–Trinajstić information content (AvgIpc) is 2.73. The molecule has 0 saturated heterocycles. The Kier molecular flexibility index (Phi) is 6.52. The van der Waals surface area contributed by atoms with E-state index in [0.29, 0.717) is 25.3 Å². The van der Waals surface area contributed by atoms with E-state index < -0.39 is 0 Å². The summed E-state index contributed by atoms with van der Waals surface area (Å²) in [5.74, 6) is 0.589. The number of aromatic hydroxyl groups is 1. The van der Waals surface area contributed by atoms with Crippen molar-refractivity contribution < 1.29 is 14.6 Å². The Bertz CT molecular complexity index is 909. The Hall–Kier alpha value is -3.47. The number of benzene rings is 3. The first-order valence-electron chi connectivity index (χ1n) is 9.14. The Balaban J connectivity index is 1.50. The van der Waals surface area contributed by atoms with Crippen LogP contribution >= 0.6 is 0 Å². The summed E-state index contributed by atoms with van der Waals surface area (Å²) in [5, 5.41) is 16.3. The minimum atomic E-state index is -0.00846. The summed E-state index contributed by atoms with van der Waals surface area (Å²) < 4.78 is 5.12. The number of ether oxygens (including phenoxy) is 1. The zero-order valence-electron chi connectivity index (χ0n) is 15.8. The largest absolute Gasteiger partial charge is 0.504 e. The molecule has 3 aromatic rings. The van der Waals surface area contributed by atoms with Gasteiger partial charge in [-0.2, -0.15) is 0 Å². The molecule has 0 aliphatic carbocycles. The van der Waals surface area contributed by atoms with Gasteiger partial charge in [0.15, 0.2) is 11.5 Å². The summed E-state index contributed by atoms with van der Waals surface area (Å²) in [6, 6.07) is 23.0. The number of rotatable bonds is 8. The van der Waals surface area contributed by atoms with E-state index in [9.17, 15) is 9.90 Å². The first kappa shape index (κ1) is 19.3. The van der Waals surface area contributed by atoms with Crippen molar-refractivity contribution in [2.75, 3.05) is 12.4 Å². The van der Waals surface area contributed by atoms with Crippen molar-refractivity contribution in [2.45, 2.75) is 19.5 Å². The SMILES string of the molecule is COc1cccc(CNc2ccc(CC(=O)NCc3ccccc3)cc2)c1O. The van der Waals surface area contributed by atoms with Crippen LogP contribution < -0.4 is 15.4 Å². The van der Waals surface area contributed by atoms with Gasteiger partial charge in [-0.25, -0.2) is 0 Å². The van der Waals surface area contributed by atoms with Gasteiger partial charge in [-0.15, -0.1) is 0 Å². The van der Waals surface area contributed by atoms with Crippen LogP contribution in [0.25, 0.3) is 0 Å². The van der Waals surface area contributed by atoms with Gasteiger partial charge in [-0.3, -0.25) is 4.79 Å². The van der Waals surface area contributed by atoms with Crippen molar-refractivity contribution in [3.8, 4) is 11.5 Å². The molecule has 0 atom stereocenters. The summed E-state index contributed by atoms with van der Waals surface area (Å²) in [5.41, 5.74) is 3.69. The number of anilines is 1. The molecule has 3 rings (SSSR count). The van der Waals surface area contributed by atoms with Gasteiger partial charge in [-0.05, 0) is 29.3 Å². The van der Waals surface area contributed by atoms with Crippen LogP contribution in [0.2, 0.25) is 0 Å². The van der Waals surface area contributed by atoms with E-state index in [4.69, 9.17) is 4.74 Å². The van der Waals surface area contributed by atoms with Gasteiger partial charge in [0.1, 0.15) is 0 Å². The molecular weight excluding hydrogens is 352 g/mol. The Morgan fingerprint density at radius 1 is 0.893 bits per heavy atom. The summed E-state index contributed by atoms with van der Waals surface area (Å²) in [7, 11) is 1.53. The molecule has 5 nitrogen and oxygen atoms in total. The number of carbonyl (C=O) groups is 1. The van der Waals surface area contributed by atoms with E-state index in [2.05, 4.69) is 10.6 Å². The molecule has 0 aliphatic heterocycles. The number of nitrogens with one attached hydrogen (secondary N) is 2. The summed E-state index contributed by atoms with van der Waals surface area (Å²) >= 11 is 0. The highest BCUT2D eigenvalue weighted by atomic mass is 16.5. The number of methoxy groups -OCH3 is 1. The second-order valence-corrected chi connectivity index (χ2v) is 6.46. The maximum absolute atomic E-state index is 12.1. The van der Waals surface area contributed by atoms with Gasteiger partial charge < -0.3 is 20.5 Å². The van der Waals surface area contributed by atoms with Gasteiger partial charge in [0.05, 0.1) is 13.5 Å². The Labute approximate surface area is 165 Å². The van der Waals surface area contributed by atoms with Gasteiger partial charge in [0.25, 0.3) is 0 Å². The van der Waals surface area contributed by atoms with Crippen LogP contribution in [0.4, 0.5) is 5.69 Å². The van der Waals surface area contributed by atoms with Crippen LogP contribution in [0.15, 0.2) is 72.8 Å². The highest BCUT2D eigenvalue weighted by Crippen LogP contribution is 2.29. The average molecular weight is 376 g/mol. The molecule has 0 aromatic heterocycles. The lowest BCUT2D eigenvalue weighted by atomic mass is 10.1. The maximum Gasteiger partial charge on any atom is 0.224 e. The fourth-order valence-electron chi connectivity index (χ4n) is 2.86.